The fraction of sp³-hybridized carbons (Fsp3) is 0.500. The van der Waals surface area contributed by atoms with Gasteiger partial charge in [0.25, 0.3) is 0 Å². The lowest BCUT2D eigenvalue weighted by Crippen LogP contribution is -2.35. The number of carbonyl (C=O) groups excluding carboxylic acids is 1. The third kappa shape index (κ3) is 7.91. The molecule has 2 aliphatic carbocycles. The van der Waals surface area contributed by atoms with Crippen molar-refractivity contribution in [2.24, 2.45) is 10.9 Å². The number of morpholine rings is 1. The molecule has 1 unspecified atom stereocenters. The molecule has 1 amide bonds. The highest BCUT2D eigenvalue weighted by Crippen LogP contribution is 2.36. The first-order valence-corrected chi connectivity index (χ1v) is 13.4. The van der Waals surface area contributed by atoms with Gasteiger partial charge in [0.2, 0.25) is 6.41 Å². The Morgan fingerprint density at radius 3 is 2.09 bits per heavy atom. The van der Waals surface area contributed by atoms with Crippen molar-refractivity contribution in [3.63, 3.8) is 0 Å². The van der Waals surface area contributed by atoms with E-state index in [1.165, 1.54) is 60.8 Å². The number of anilines is 1. The summed E-state index contributed by atoms with van der Waals surface area (Å²) >= 11 is 0. The van der Waals surface area contributed by atoms with Gasteiger partial charge in [-0.2, -0.15) is 0 Å². The zero-order valence-electron chi connectivity index (χ0n) is 20.6. The van der Waals surface area contributed by atoms with Gasteiger partial charge >= 0.3 is 0 Å². The molecule has 34 heavy (non-hydrogen) atoms. The zero-order chi connectivity index (χ0) is 24.9. The summed E-state index contributed by atoms with van der Waals surface area (Å²) < 4.78 is 16.4. The first-order valence-electron chi connectivity index (χ1n) is 12.2. The van der Waals surface area contributed by atoms with Crippen molar-refractivity contribution in [1.82, 2.24) is 4.90 Å². The van der Waals surface area contributed by atoms with E-state index >= 15 is 0 Å². The summed E-state index contributed by atoms with van der Waals surface area (Å²) in [6.45, 7) is 8.37. The number of hydrogen-bond donors (Lipinski definition) is 3. The predicted octanol–water partition coefficient (Wildman–Crippen LogP) is 2.87. The molecule has 2 aromatic carbocycles. The molecule has 5 rings (SSSR count). The molecule has 6 N–H and O–H groups in total. The molecule has 0 saturated carbocycles. The number of amides is 1. The van der Waals surface area contributed by atoms with Crippen molar-refractivity contribution in [2.45, 2.75) is 63.8 Å². The molecule has 0 spiro atoms. The number of nitrogens with two attached hydrogens (primary N) is 3. The lowest BCUT2D eigenvalue weighted by Gasteiger charge is -2.26. The van der Waals surface area contributed by atoms with Crippen LogP contribution in [0, 0.1) is 0 Å². The second kappa shape index (κ2) is 14.9. The van der Waals surface area contributed by atoms with E-state index in [-0.39, 0.29) is 6.41 Å². The van der Waals surface area contributed by atoms with E-state index < -0.39 is 11.0 Å². The normalized spacial score (nSPS) is 16.9. The molecule has 0 radical (unpaired) electrons. The van der Waals surface area contributed by atoms with E-state index in [0.717, 1.165) is 44.1 Å². The summed E-state index contributed by atoms with van der Waals surface area (Å²) in [4.78, 5) is 11.6. The number of carbonyl (C=O) groups is 1. The molecule has 0 aromatic heterocycles. The Morgan fingerprint density at radius 2 is 1.56 bits per heavy atom. The van der Waals surface area contributed by atoms with Gasteiger partial charge in [0.05, 0.1) is 18.1 Å². The summed E-state index contributed by atoms with van der Waals surface area (Å²) in [6.07, 6.45) is 7.81. The van der Waals surface area contributed by atoms with Gasteiger partial charge in [0.1, 0.15) is 11.0 Å². The van der Waals surface area contributed by atoms with Crippen molar-refractivity contribution < 1.29 is 13.7 Å². The number of nitrogen functional groups attached to an aromatic ring is 1. The van der Waals surface area contributed by atoms with Gasteiger partial charge in [-0.1, -0.05) is 32.0 Å². The van der Waals surface area contributed by atoms with Crippen LogP contribution in [0.1, 0.15) is 54.5 Å². The summed E-state index contributed by atoms with van der Waals surface area (Å²) in [7, 11) is -1.39. The van der Waals surface area contributed by atoms with E-state index in [1.54, 1.807) is 6.07 Å². The van der Waals surface area contributed by atoms with E-state index in [2.05, 4.69) is 16.7 Å². The number of aryl methyl sites for hydroxylation is 2. The topological polar surface area (TPSA) is 125 Å². The molecule has 3 aliphatic rings. The molecular weight excluding hydrogens is 448 g/mol. The van der Waals surface area contributed by atoms with Gasteiger partial charge in [0.15, 0.2) is 0 Å². The quantitative estimate of drug-likeness (QED) is 0.453. The average Bonchev–Trinajstić information content (AvgIpc) is 3.52. The largest absolute Gasteiger partial charge is 0.398 e. The Hall–Kier alpha value is -2.26. The number of fused-ring (bicyclic) bond motifs is 2. The van der Waals surface area contributed by atoms with Crippen LogP contribution in [0.15, 0.2) is 35.2 Å². The maximum absolute atomic E-state index is 11.1. The average molecular weight is 489 g/mol. The maximum Gasteiger partial charge on any atom is 0.204 e. The second-order valence-corrected chi connectivity index (χ2v) is 9.31. The number of benzene rings is 2. The fourth-order valence-corrected chi connectivity index (χ4v) is 5.13. The molecule has 0 bridgehead atoms. The van der Waals surface area contributed by atoms with Crippen LogP contribution in [0.5, 0.6) is 0 Å². The minimum Gasteiger partial charge on any atom is -0.398 e. The Bertz CT molecular complexity index is 914. The molecule has 1 aliphatic heterocycles. The van der Waals surface area contributed by atoms with Crippen LogP contribution in [-0.4, -0.2) is 41.8 Å². The highest BCUT2D eigenvalue weighted by Gasteiger charge is 2.21. The van der Waals surface area contributed by atoms with Crippen LogP contribution in [0.25, 0.3) is 0 Å². The van der Waals surface area contributed by atoms with E-state index in [4.69, 9.17) is 20.4 Å². The van der Waals surface area contributed by atoms with Crippen molar-refractivity contribution in [3.8, 4) is 0 Å². The molecule has 2 aromatic rings. The minimum absolute atomic E-state index is 0.250. The summed E-state index contributed by atoms with van der Waals surface area (Å²) in [5, 5.41) is 5.35. The Labute approximate surface area is 206 Å². The standard InChI is InChI=1S/C12H15N.C11H16N2O2S.C2H6.CH3NO/c13-12-10-5-1-3-8(10)7-9-4-2-6-11(9)12;12-16(14)11-3-1-2-10(8-11)9-13-4-6-15-7-5-13;1-2;2-1-3/h7H,1-6,13H2;1-3,8H,4-7,9,12H2;1-2H3;1H,(H2,2,3). The van der Waals surface area contributed by atoms with Crippen LogP contribution >= 0.6 is 0 Å². The van der Waals surface area contributed by atoms with Crippen LogP contribution in [0.4, 0.5) is 5.69 Å². The van der Waals surface area contributed by atoms with Crippen molar-refractivity contribution in [2.75, 3.05) is 32.0 Å². The van der Waals surface area contributed by atoms with E-state index in [9.17, 15) is 4.21 Å². The summed E-state index contributed by atoms with van der Waals surface area (Å²) in [6, 6.07) is 10.0. The second-order valence-electron chi connectivity index (χ2n) is 8.24. The highest BCUT2D eigenvalue weighted by atomic mass is 32.2. The van der Waals surface area contributed by atoms with Gasteiger partial charge in [-0.05, 0) is 78.5 Å². The van der Waals surface area contributed by atoms with Gasteiger partial charge in [-0.25, -0.2) is 9.35 Å². The number of ether oxygens (including phenoxy) is 1. The highest BCUT2D eigenvalue weighted by molar-refractivity contribution is 7.82. The van der Waals surface area contributed by atoms with E-state index in [1.807, 2.05) is 32.0 Å². The summed E-state index contributed by atoms with van der Waals surface area (Å²) in [5.74, 6) is 0. The minimum atomic E-state index is -1.39. The number of rotatable bonds is 3. The SMILES string of the molecule is CC.NC=O.NS(=O)c1cccc(CN2CCOCC2)c1.Nc1c2c(cc3c1CCC3)CCC2. The number of nitrogens with zero attached hydrogens (tertiary/aromatic N) is 1. The third-order valence-corrected chi connectivity index (χ3v) is 6.88. The van der Waals surface area contributed by atoms with Crippen molar-refractivity contribution in [3.05, 3.63) is 58.1 Å². The van der Waals surface area contributed by atoms with Crippen LogP contribution in [-0.2, 0) is 52.7 Å². The molecule has 188 valence electrons. The number of hydrogen-bond acceptors (Lipinski definition) is 5. The van der Waals surface area contributed by atoms with Crippen LogP contribution < -0.4 is 16.6 Å². The number of primary amides is 1. The first kappa shape index (κ1) is 28.0. The Morgan fingerprint density at radius 1 is 1.00 bits per heavy atom. The molecule has 1 heterocycles. The summed E-state index contributed by atoms with van der Waals surface area (Å²) in [5.41, 5.74) is 18.7. The van der Waals surface area contributed by atoms with Gasteiger partial charge in [0, 0.05) is 25.3 Å². The Balaban J connectivity index is 0.000000205. The third-order valence-electron chi connectivity index (χ3n) is 6.16. The first-order chi connectivity index (χ1) is 16.5. The predicted molar refractivity (Wildman–Crippen MR) is 140 cm³/mol. The van der Waals surface area contributed by atoms with Gasteiger partial charge in [-0.15, -0.1) is 0 Å². The molecule has 7 nitrogen and oxygen atoms in total. The molecule has 8 heteroatoms. The van der Waals surface area contributed by atoms with Gasteiger partial charge < -0.3 is 16.2 Å². The fourth-order valence-electron chi connectivity index (χ4n) is 4.65. The van der Waals surface area contributed by atoms with E-state index in [0.29, 0.717) is 4.90 Å². The lowest BCUT2D eigenvalue weighted by atomic mass is 9.99. The molecule has 1 atom stereocenters. The molecule has 1 saturated heterocycles. The van der Waals surface area contributed by atoms with Gasteiger partial charge in [-0.3, -0.25) is 9.69 Å². The van der Waals surface area contributed by atoms with Crippen LogP contribution in [0.2, 0.25) is 0 Å². The van der Waals surface area contributed by atoms with Crippen molar-refractivity contribution >= 4 is 23.1 Å². The monoisotopic (exact) mass is 488 g/mol. The molecule has 1 fully saturated rings. The Kier molecular flexibility index (Phi) is 12.2. The zero-order valence-corrected chi connectivity index (χ0v) is 21.4. The molecular formula is C26H40N4O3S. The smallest absolute Gasteiger partial charge is 0.204 e. The maximum atomic E-state index is 11.1. The van der Waals surface area contributed by atoms with Crippen molar-refractivity contribution in [1.29, 1.82) is 0 Å². The van der Waals surface area contributed by atoms with Crippen LogP contribution in [0.3, 0.4) is 0 Å². The lowest BCUT2D eigenvalue weighted by molar-refractivity contribution is -0.106.